The van der Waals surface area contributed by atoms with Gasteiger partial charge in [0.1, 0.15) is 60.7 Å². The van der Waals surface area contributed by atoms with Crippen molar-refractivity contribution in [3.05, 3.63) is 29.8 Å². The average Bonchev–Trinajstić information content (AvgIpc) is 2.98. The van der Waals surface area contributed by atoms with E-state index in [0.29, 0.717) is 5.56 Å². The lowest BCUT2D eigenvalue weighted by atomic mass is 9.75. The van der Waals surface area contributed by atoms with E-state index in [1.807, 2.05) is 0 Å². The molecule has 4 fully saturated rings. The van der Waals surface area contributed by atoms with E-state index in [2.05, 4.69) is 0 Å². The summed E-state index contributed by atoms with van der Waals surface area (Å²) in [7, 11) is 0. The molecule has 3 saturated heterocycles. The van der Waals surface area contributed by atoms with Crippen LogP contribution in [0.5, 0.6) is 5.75 Å². The van der Waals surface area contributed by atoms with Gasteiger partial charge in [-0.25, -0.2) is 0 Å². The van der Waals surface area contributed by atoms with E-state index >= 15 is 0 Å². The molecule has 0 amide bonds. The van der Waals surface area contributed by atoms with Crippen molar-refractivity contribution in [1.29, 1.82) is 0 Å². The fourth-order valence-corrected chi connectivity index (χ4v) is 6.29. The van der Waals surface area contributed by atoms with Gasteiger partial charge < -0.3 is 74.7 Å². The standard InChI is InChI=1S/C27H40O15/c28-8-17-19(32)21(34)23(36)26(41-17)39-15-6-12(31)5-14-13(15)7-16(25(38-14)10-1-3-11(30)4-2-10)40-27-24(37)22(35)20(33)18(9-29)42-27/h1-4,12-37H,5-9H2. The Labute approximate surface area is 241 Å². The molecule has 0 spiro atoms. The summed E-state index contributed by atoms with van der Waals surface area (Å²) in [6, 6.07) is 6.14. The zero-order valence-electron chi connectivity index (χ0n) is 22.6. The fourth-order valence-electron chi connectivity index (χ4n) is 6.29. The van der Waals surface area contributed by atoms with E-state index in [-0.39, 0.29) is 25.0 Å². The summed E-state index contributed by atoms with van der Waals surface area (Å²) >= 11 is 0. The number of aromatic hydroxyl groups is 1. The van der Waals surface area contributed by atoms with Crippen molar-refractivity contribution in [2.45, 2.75) is 111 Å². The number of phenols is 1. The first-order valence-electron chi connectivity index (χ1n) is 14.1. The van der Waals surface area contributed by atoms with Crippen molar-refractivity contribution < 1.29 is 74.7 Å². The van der Waals surface area contributed by atoms with Gasteiger partial charge in [-0.1, -0.05) is 12.1 Å². The molecule has 0 aromatic heterocycles. The third-order valence-electron chi connectivity index (χ3n) is 8.66. The van der Waals surface area contributed by atoms with Gasteiger partial charge in [-0.05, 0) is 30.5 Å². The lowest BCUT2D eigenvalue weighted by Crippen LogP contribution is -2.62. The molecule has 15 heteroatoms. The van der Waals surface area contributed by atoms with E-state index in [4.69, 9.17) is 23.7 Å². The maximum absolute atomic E-state index is 10.7. The summed E-state index contributed by atoms with van der Waals surface area (Å²) in [4.78, 5) is 0. The van der Waals surface area contributed by atoms with Crippen LogP contribution in [0.2, 0.25) is 0 Å². The van der Waals surface area contributed by atoms with Crippen LogP contribution in [0.25, 0.3) is 0 Å². The van der Waals surface area contributed by atoms with Crippen LogP contribution in [0.1, 0.15) is 30.9 Å². The monoisotopic (exact) mass is 604 g/mol. The third-order valence-corrected chi connectivity index (χ3v) is 8.66. The highest BCUT2D eigenvalue weighted by Gasteiger charge is 2.52. The highest BCUT2D eigenvalue weighted by atomic mass is 16.7. The van der Waals surface area contributed by atoms with E-state index in [9.17, 15) is 51.1 Å². The molecule has 1 aromatic rings. The molecule has 3 aliphatic heterocycles. The van der Waals surface area contributed by atoms with E-state index in [1.165, 1.54) is 12.1 Å². The van der Waals surface area contributed by atoms with Gasteiger partial charge in [0.25, 0.3) is 0 Å². The summed E-state index contributed by atoms with van der Waals surface area (Å²) in [6.45, 7) is -1.29. The van der Waals surface area contributed by atoms with Crippen LogP contribution in [-0.4, -0.2) is 150 Å². The van der Waals surface area contributed by atoms with Gasteiger partial charge in [-0.3, -0.25) is 0 Å². The van der Waals surface area contributed by atoms with Gasteiger partial charge in [0.05, 0.1) is 37.6 Å². The largest absolute Gasteiger partial charge is 0.508 e. The first kappa shape index (κ1) is 31.9. The smallest absolute Gasteiger partial charge is 0.187 e. The molecule has 16 unspecified atom stereocenters. The molecule has 4 aliphatic rings. The topological polar surface area (TPSA) is 248 Å². The molecule has 3 heterocycles. The number of hydrogen-bond donors (Lipinski definition) is 10. The van der Waals surface area contributed by atoms with Crippen LogP contribution in [0.15, 0.2) is 24.3 Å². The molecule has 0 bridgehead atoms. The van der Waals surface area contributed by atoms with Crippen LogP contribution in [0, 0.1) is 5.92 Å². The second kappa shape index (κ2) is 13.2. The molecule has 1 saturated carbocycles. The minimum absolute atomic E-state index is 0.0138. The van der Waals surface area contributed by atoms with Crippen molar-refractivity contribution in [2.75, 3.05) is 13.2 Å². The lowest BCUT2D eigenvalue weighted by molar-refractivity contribution is -0.342. The Morgan fingerprint density at radius 2 is 1.14 bits per heavy atom. The van der Waals surface area contributed by atoms with Crippen LogP contribution in [-0.2, 0) is 23.7 Å². The van der Waals surface area contributed by atoms with Crippen molar-refractivity contribution in [2.24, 2.45) is 5.92 Å². The van der Waals surface area contributed by atoms with Gasteiger partial charge in [0, 0.05) is 12.3 Å². The molecule has 1 aromatic carbocycles. The molecule has 16 atom stereocenters. The lowest BCUT2D eigenvalue weighted by Gasteiger charge is -2.50. The molecule has 0 radical (unpaired) electrons. The number of aliphatic hydroxyl groups is 9. The molecular formula is C27H40O15. The summed E-state index contributed by atoms with van der Waals surface area (Å²) in [5.41, 5.74) is 0.590. The van der Waals surface area contributed by atoms with Crippen molar-refractivity contribution >= 4 is 0 Å². The summed E-state index contributed by atoms with van der Waals surface area (Å²) in [6.07, 6.45) is -18.6. The number of rotatable bonds is 7. The second-order valence-corrected chi connectivity index (χ2v) is 11.5. The number of aliphatic hydroxyl groups excluding tert-OH is 9. The van der Waals surface area contributed by atoms with Crippen LogP contribution in [0.4, 0.5) is 0 Å². The number of hydrogen-bond acceptors (Lipinski definition) is 15. The minimum Gasteiger partial charge on any atom is -0.508 e. The molecule has 10 N–H and O–H groups in total. The maximum Gasteiger partial charge on any atom is 0.187 e. The Bertz CT molecular complexity index is 1010. The predicted octanol–water partition coefficient (Wildman–Crippen LogP) is -3.64. The Kier molecular flexibility index (Phi) is 10.0. The van der Waals surface area contributed by atoms with Gasteiger partial charge in [0.15, 0.2) is 12.6 Å². The van der Waals surface area contributed by atoms with Crippen molar-refractivity contribution in [3.63, 3.8) is 0 Å². The summed E-state index contributed by atoms with van der Waals surface area (Å²) in [5.74, 6) is -0.482. The van der Waals surface area contributed by atoms with E-state index < -0.39 is 111 Å². The molecule has 42 heavy (non-hydrogen) atoms. The number of ether oxygens (including phenoxy) is 5. The van der Waals surface area contributed by atoms with Crippen LogP contribution in [0.3, 0.4) is 0 Å². The van der Waals surface area contributed by atoms with Crippen molar-refractivity contribution in [1.82, 2.24) is 0 Å². The van der Waals surface area contributed by atoms with E-state index in [0.717, 1.165) is 0 Å². The molecule has 238 valence electrons. The quantitative estimate of drug-likeness (QED) is 0.144. The highest BCUT2D eigenvalue weighted by molar-refractivity contribution is 5.28. The van der Waals surface area contributed by atoms with Crippen LogP contribution < -0.4 is 0 Å². The highest BCUT2D eigenvalue weighted by Crippen LogP contribution is 2.45. The van der Waals surface area contributed by atoms with Crippen LogP contribution >= 0.6 is 0 Å². The molecule has 1 aliphatic carbocycles. The fraction of sp³-hybridized carbons (Fsp3) is 0.778. The van der Waals surface area contributed by atoms with Gasteiger partial charge in [-0.15, -0.1) is 0 Å². The molecule has 15 nitrogen and oxygen atoms in total. The SMILES string of the molecule is OCC1OC(OC2CC3C(OC4OC(CO)C(O)C(O)C4O)CC(O)CC3OC2c2ccc(O)cc2)C(O)C(O)C1O. The molecular weight excluding hydrogens is 564 g/mol. The Morgan fingerprint density at radius 1 is 0.619 bits per heavy atom. The predicted molar refractivity (Wildman–Crippen MR) is 136 cm³/mol. The van der Waals surface area contributed by atoms with Gasteiger partial charge >= 0.3 is 0 Å². The van der Waals surface area contributed by atoms with Gasteiger partial charge in [0.2, 0.25) is 0 Å². The molecule has 5 rings (SSSR count). The first-order valence-corrected chi connectivity index (χ1v) is 14.1. The normalized spacial score (nSPS) is 48.0. The van der Waals surface area contributed by atoms with E-state index in [1.54, 1.807) is 12.1 Å². The minimum atomic E-state index is -1.67. The van der Waals surface area contributed by atoms with Crippen molar-refractivity contribution in [3.8, 4) is 5.75 Å². The Balaban J connectivity index is 1.40. The summed E-state index contributed by atoms with van der Waals surface area (Å²) < 4.78 is 29.7. The average molecular weight is 605 g/mol. The zero-order chi connectivity index (χ0) is 30.3. The number of fused-ring (bicyclic) bond motifs is 1. The second-order valence-electron chi connectivity index (χ2n) is 11.5. The first-order chi connectivity index (χ1) is 20.0. The third kappa shape index (κ3) is 6.31. The van der Waals surface area contributed by atoms with Gasteiger partial charge in [-0.2, -0.15) is 0 Å². The number of phenolic OH excluding ortho intramolecular Hbond substituents is 1. The Morgan fingerprint density at radius 3 is 1.67 bits per heavy atom. The summed E-state index contributed by atoms with van der Waals surface area (Å²) in [5, 5.41) is 102. The number of benzene rings is 1. The zero-order valence-corrected chi connectivity index (χ0v) is 22.6. The maximum atomic E-state index is 10.7. The Hall–Kier alpha value is -1.54.